The Morgan fingerprint density at radius 2 is 1.97 bits per heavy atom. The third-order valence-electron chi connectivity index (χ3n) is 6.76. The van der Waals surface area contributed by atoms with E-state index in [4.69, 9.17) is 0 Å². The fourth-order valence-corrected chi connectivity index (χ4v) is 5.02. The van der Waals surface area contributed by atoms with Gasteiger partial charge in [0, 0.05) is 54.9 Å². The van der Waals surface area contributed by atoms with E-state index in [1.807, 2.05) is 19.1 Å². The van der Waals surface area contributed by atoms with Crippen molar-refractivity contribution in [1.82, 2.24) is 24.6 Å². The first-order valence-corrected chi connectivity index (χ1v) is 11.1. The van der Waals surface area contributed by atoms with E-state index in [1.54, 1.807) is 23.2 Å². The van der Waals surface area contributed by atoms with Gasteiger partial charge in [-0.1, -0.05) is 19.1 Å². The lowest BCUT2D eigenvalue weighted by molar-refractivity contribution is -0.148. The highest BCUT2D eigenvalue weighted by atomic mass is 19.4. The molecule has 1 aromatic carbocycles. The molecule has 1 saturated heterocycles. The van der Waals surface area contributed by atoms with E-state index in [9.17, 15) is 22.8 Å². The summed E-state index contributed by atoms with van der Waals surface area (Å²) in [6.07, 6.45) is -1.43. The Kier molecular flexibility index (Phi) is 5.49. The Bertz CT molecular complexity index is 1260. The molecule has 4 heterocycles. The van der Waals surface area contributed by atoms with Crippen molar-refractivity contribution in [3.63, 3.8) is 0 Å². The highest BCUT2D eigenvalue weighted by Crippen LogP contribution is 2.34. The number of pyridine rings is 1. The van der Waals surface area contributed by atoms with Crippen molar-refractivity contribution in [3.05, 3.63) is 47.7 Å². The van der Waals surface area contributed by atoms with Crippen LogP contribution in [0.15, 0.2) is 30.5 Å². The Morgan fingerprint density at radius 1 is 1.15 bits per heavy atom. The van der Waals surface area contributed by atoms with Crippen molar-refractivity contribution >= 4 is 28.8 Å². The molecule has 2 aromatic heterocycles. The van der Waals surface area contributed by atoms with Gasteiger partial charge in [-0.2, -0.15) is 13.2 Å². The quantitative estimate of drug-likeness (QED) is 0.545. The van der Waals surface area contributed by atoms with Gasteiger partial charge in [0.05, 0.1) is 12.1 Å². The molecule has 0 saturated carbocycles. The van der Waals surface area contributed by atoms with Crippen LogP contribution in [-0.4, -0.2) is 56.5 Å². The van der Waals surface area contributed by atoms with Crippen LogP contribution >= 0.6 is 0 Å². The average molecular weight is 472 g/mol. The number of nitrogens with zero attached hydrogens (tertiary/aromatic N) is 6. The molecule has 2 aliphatic heterocycles. The van der Waals surface area contributed by atoms with Crippen LogP contribution in [0, 0.1) is 11.8 Å². The predicted octanol–water partition coefficient (Wildman–Crippen LogP) is 3.16. The summed E-state index contributed by atoms with van der Waals surface area (Å²) in [6.45, 7) is 3.61. The third-order valence-corrected chi connectivity index (χ3v) is 6.76. The molecular formula is C23H23F3N6O2. The van der Waals surface area contributed by atoms with Crippen LogP contribution in [0.2, 0.25) is 0 Å². The number of carbonyl (C=O) groups is 2. The Morgan fingerprint density at radius 3 is 2.71 bits per heavy atom. The van der Waals surface area contributed by atoms with Gasteiger partial charge in [-0.15, -0.1) is 10.2 Å². The molecule has 2 atom stereocenters. The summed E-state index contributed by atoms with van der Waals surface area (Å²) in [7, 11) is 0. The van der Waals surface area contributed by atoms with Crippen molar-refractivity contribution in [2.24, 2.45) is 11.8 Å². The van der Waals surface area contributed by atoms with E-state index < -0.39 is 12.0 Å². The smallest absolute Gasteiger partial charge is 0.371 e. The van der Waals surface area contributed by atoms with Gasteiger partial charge in [0.2, 0.25) is 11.7 Å². The number of carbonyl (C=O) groups excluding carboxylic acids is 2. The lowest BCUT2D eigenvalue weighted by Crippen LogP contribution is -2.49. The van der Waals surface area contributed by atoms with Crippen molar-refractivity contribution in [1.29, 1.82) is 0 Å². The maximum Gasteiger partial charge on any atom is 0.451 e. The number of amides is 1. The minimum atomic E-state index is -4.56. The van der Waals surface area contributed by atoms with Gasteiger partial charge in [-0.05, 0) is 24.5 Å². The summed E-state index contributed by atoms with van der Waals surface area (Å²) in [5, 5.41) is 7.91. The number of aromatic nitrogens is 4. The maximum absolute atomic E-state index is 13.3. The molecular weight excluding hydrogens is 449 g/mol. The summed E-state index contributed by atoms with van der Waals surface area (Å²) >= 11 is 0. The average Bonchev–Trinajstić information content (AvgIpc) is 3.27. The standard InChI is InChI=1S/C23H23F3N6O2/c1-14-11-30(19-4-6-27-18-10-15(13-33)2-3-17(18)19)7-5-16(14)21(34)31-8-9-32-20(12-31)28-29-22(32)23(24,25)26/h2-4,6,10,13-14,16H,5,7-9,11-12H2,1H3. The Balaban J connectivity index is 1.29. The lowest BCUT2D eigenvalue weighted by Gasteiger charge is -2.40. The summed E-state index contributed by atoms with van der Waals surface area (Å²) in [4.78, 5) is 32.6. The largest absolute Gasteiger partial charge is 0.451 e. The van der Waals surface area contributed by atoms with Gasteiger partial charge in [-0.3, -0.25) is 14.6 Å². The van der Waals surface area contributed by atoms with Crippen LogP contribution < -0.4 is 4.90 Å². The summed E-state index contributed by atoms with van der Waals surface area (Å²) in [5.74, 6) is -1.08. The number of hydrogen-bond donors (Lipinski definition) is 0. The molecule has 11 heteroatoms. The number of hydrogen-bond acceptors (Lipinski definition) is 6. The van der Waals surface area contributed by atoms with Gasteiger partial charge < -0.3 is 14.4 Å². The minimum absolute atomic E-state index is 0.0297. The molecule has 1 amide bonds. The number of alkyl halides is 3. The van der Waals surface area contributed by atoms with Crippen molar-refractivity contribution in [2.45, 2.75) is 32.6 Å². The number of aldehydes is 1. The highest BCUT2D eigenvalue weighted by Gasteiger charge is 2.41. The normalized spacial score (nSPS) is 20.9. The van der Waals surface area contributed by atoms with E-state index in [1.165, 1.54) is 0 Å². The van der Waals surface area contributed by atoms with Gasteiger partial charge >= 0.3 is 6.18 Å². The number of piperidine rings is 1. The van der Waals surface area contributed by atoms with Gasteiger partial charge in [0.15, 0.2) is 5.82 Å². The minimum Gasteiger partial charge on any atom is -0.371 e. The number of benzene rings is 1. The van der Waals surface area contributed by atoms with Crippen molar-refractivity contribution < 1.29 is 22.8 Å². The molecule has 178 valence electrons. The summed E-state index contributed by atoms with van der Waals surface area (Å²) in [5.41, 5.74) is 2.31. The SMILES string of the molecule is CC1CN(c2ccnc3cc(C=O)ccc23)CCC1C(=O)N1CCn2c(nnc2C(F)(F)F)C1. The molecule has 0 N–H and O–H groups in total. The number of halogens is 3. The second-order valence-electron chi connectivity index (χ2n) is 8.89. The van der Waals surface area contributed by atoms with Crippen LogP contribution in [0.1, 0.15) is 35.4 Å². The van der Waals surface area contributed by atoms with Gasteiger partial charge in [0.25, 0.3) is 0 Å². The fraction of sp³-hybridized carbons (Fsp3) is 0.435. The van der Waals surface area contributed by atoms with Gasteiger partial charge in [-0.25, -0.2) is 0 Å². The number of anilines is 1. The van der Waals surface area contributed by atoms with Crippen LogP contribution in [0.3, 0.4) is 0 Å². The molecule has 0 spiro atoms. The second-order valence-corrected chi connectivity index (χ2v) is 8.89. The molecule has 5 rings (SSSR count). The van der Waals surface area contributed by atoms with Crippen molar-refractivity contribution in [2.75, 3.05) is 24.5 Å². The molecule has 2 unspecified atom stereocenters. The number of rotatable bonds is 3. The Labute approximate surface area is 193 Å². The van der Waals surface area contributed by atoms with E-state index in [0.29, 0.717) is 25.1 Å². The maximum atomic E-state index is 13.3. The summed E-state index contributed by atoms with van der Waals surface area (Å²) in [6, 6.07) is 7.35. The van der Waals surface area contributed by atoms with Gasteiger partial charge in [0.1, 0.15) is 6.29 Å². The highest BCUT2D eigenvalue weighted by molar-refractivity contribution is 5.94. The van der Waals surface area contributed by atoms with E-state index in [2.05, 4.69) is 20.1 Å². The topological polar surface area (TPSA) is 84.2 Å². The zero-order valence-electron chi connectivity index (χ0n) is 18.5. The lowest BCUT2D eigenvalue weighted by atomic mass is 9.85. The molecule has 0 radical (unpaired) electrons. The van der Waals surface area contributed by atoms with Crippen LogP contribution in [0.4, 0.5) is 18.9 Å². The fourth-order valence-electron chi connectivity index (χ4n) is 5.02. The molecule has 0 bridgehead atoms. The molecule has 1 fully saturated rings. The second kappa shape index (κ2) is 8.37. The number of fused-ring (bicyclic) bond motifs is 2. The zero-order valence-corrected chi connectivity index (χ0v) is 18.5. The van der Waals surface area contributed by atoms with Crippen LogP contribution in [0.5, 0.6) is 0 Å². The van der Waals surface area contributed by atoms with Crippen LogP contribution in [-0.2, 0) is 24.1 Å². The van der Waals surface area contributed by atoms with Crippen LogP contribution in [0.25, 0.3) is 10.9 Å². The first kappa shape index (κ1) is 22.3. The molecule has 34 heavy (non-hydrogen) atoms. The Hall–Kier alpha value is -3.50. The van der Waals surface area contributed by atoms with Crippen molar-refractivity contribution in [3.8, 4) is 0 Å². The molecule has 0 aliphatic carbocycles. The first-order valence-electron chi connectivity index (χ1n) is 11.1. The molecule has 8 nitrogen and oxygen atoms in total. The zero-order chi connectivity index (χ0) is 24.0. The third kappa shape index (κ3) is 3.88. The molecule has 3 aromatic rings. The van der Waals surface area contributed by atoms with E-state index in [0.717, 1.165) is 27.4 Å². The van der Waals surface area contributed by atoms with E-state index >= 15 is 0 Å². The van der Waals surface area contributed by atoms with E-state index in [-0.39, 0.29) is 43.2 Å². The summed E-state index contributed by atoms with van der Waals surface area (Å²) < 4.78 is 40.3. The first-order chi connectivity index (χ1) is 16.3. The monoisotopic (exact) mass is 472 g/mol. The predicted molar refractivity (Wildman–Crippen MR) is 117 cm³/mol. The molecule has 2 aliphatic rings.